The molecule has 0 bridgehead atoms. The van der Waals surface area contributed by atoms with E-state index < -0.39 is 11.7 Å². The summed E-state index contributed by atoms with van der Waals surface area (Å²) in [5.74, 6) is 0.565. The zero-order valence-corrected chi connectivity index (χ0v) is 12.1. The smallest absolute Gasteiger partial charge is 0.416 e. The van der Waals surface area contributed by atoms with Crippen LogP contribution < -0.4 is 10.3 Å². The number of hydrogen-bond acceptors (Lipinski definition) is 2. The van der Waals surface area contributed by atoms with E-state index in [0.717, 1.165) is 12.1 Å². The number of methoxy groups -OCH3 is 1. The zero-order chi connectivity index (χ0) is 16.6. The van der Waals surface area contributed by atoms with Gasteiger partial charge in [-0.15, -0.1) is 0 Å². The second-order valence-electron chi connectivity index (χ2n) is 5.10. The Bertz CT molecular complexity index is 892. The van der Waals surface area contributed by atoms with Crippen LogP contribution >= 0.6 is 0 Å². The standard InChI is InChI=1S/C16H13F3N2O2/c1-23-12-6-7-14-13(8-12)15(22)20-21(14)9-10-2-4-11(5-3-10)16(17,18)19/h2-8H,9H2,1H3,(H,20,22). The van der Waals surface area contributed by atoms with Crippen LogP contribution in [0.5, 0.6) is 5.75 Å². The van der Waals surface area contributed by atoms with Crippen molar-refractivity contribution in [1.29, 1.82) is 0 Å². The Morgan fingerprint density at radius 1 is 1.13 bits per heavy atom. The Hall–Kier alpha value is -2.70. The number of H-pyrrole nitrogens is 1. The third-order valence-corrected chi connectivity index (χ3v) is 3.60. The van der Waals surface area contributed by atoms with Gasteiger partial charge in [0.1, 0.15) is 5.75 Å². The van der Waals surface area contributed by atoms with Gasteiger partial charge in [-0.2, -0.15) is 13.2 Å². The Kier molecular flexibility index (Phi) is 3.63. The summed E-state index contributed by atoms with van der Waals surface area (Å²) in [5.41, 5.74) is 0.348. The molecule has 4 nitrogen and oxygen atoms in total. The van der Waals surface area contributed by atoms with Crippen molar-refractivity contribution < 1.29 is 17.9 Å². The van der Waals surface area contributed by atoms with Gasteiger partial charge in [-0.3, -0.25) is 14.6 Å². The molecule has 1 aromatic heterocycles. The van der Waals surface area contributed by atoms with Crippen molar-refractivity contribution in [3.63, 3.8) is 0 Å². The Morgan fingerprint density at radius 2 is 1.83 bits per heavy atom. The molecule has 0 atom stereocenters. The molecule has 120 valence electrons. The molecule has 0 saturated carbocycles. The first kappa shape index (κ1) is 15.2. The van der Waals surface area contributed by atoms with E-state index in [1.54, 1.807) is 22.9 Å². The molecule has 0 radical (unpaired) electrons. The van der Waals surface area contributed by atoms with Gasteiger partial charge in [0.05, 0.1) is 30.1 Å². The van der Waals surface area contributed by atoms with Crippen molar-refractivity contribution >= 4 is 10.9 Å². The Balaban J connectivity index is 1.94. The highest BCUT2D eigenvalue weighted by Crippen LogP contribution is 2.29. The lowest BCUT2D eigenvalue weighted by Crippen LogP contribution is -2.08. The number of nitrogens with zero attached hydrogens (tertiary/aromatic N) is 1. The average Bonchev–Trinajstić information content (AvgIpc) is 2.82. The van der Waals surface area contributed by atoms with Crippen molar-refractivity contribution in [2.45, 2.75) is 12.7 Å². The van der Waals surface area contributed by atoms with Gasteiger partial charge in [0.15, 0.2) is 0 Å². The fourth-order valence-corrected chi connectivity index (χ4v) is 2.41. The maximum atomic E-state index is 12.6. The molecule has 1 N–H and O–H groups in total. The van der Waals surface area contributed by atoms with E-state index in [2.05, 4.69) is 5.10 Å². The minimum absolute atomic E-state index is 0.267. The van der Waals surface area contributed by atoms with E-state index in [4.69, 9.17) is 4.74 Å². The number of hydrogen-bond donors (Lipinski definition) is 1. The molecule has 2 aromatic carbocycles. The number of aromatic amines is 1. The SMILES string of the molecule is COc1ccc2c(c1)c(=O)[nH]n2Cc1ccc(C(F)(F)F)cc1. The van der Waals surface area contributed by atoms with Gasteiger partial charge in [-0.05, 0) is 35.9 Å². The fraction of sp³-hybridized carbons (Fsp3) is 0.188. The summed E-state index contributed by atoms with van der Waals surface area (Å²) >= 11 is 0. The Labute approximate surface area is 129 Å². The predicted molar refractivity (Wildman–Crippen MR) is 79.7 cm³/mol. The number of alkyl halides is 3. The van der Waals surface area contributed by atoms with Crippen molar-refractivity contribution in [2.24, 2.45) is 0 Å². The highest BCUT2D eigenvalue weighted by molar-refractivity contribution is 5.80. The lowest BCUT2D eigenvalue weighted by atomic mass is 10.1. The van der Waals surface area contributed by atoms with Crippen molar-refractivity contribution in [2.75, 3.05) is 7.11 Å². The largest absolute Gasteiger partial charge is 0.497 e. The molecular formula is C16H13F3N2O2. The van der Waals surface area contributed by atoms with Crippen LogP contribution in [0, 0.1) is 0 Å². The van der Waals surface area contributed by atoms with Crippen LogP contribution in [-0.4, -0.2) is 16.9 Å². The normalized spacial score (nSPS) is 11.8. The molecule has 0 spiro atoms. The van der Waals surface area contributed by atoms with Crippen LogP contribution in [0.4, 0.5) is 13.2 Å². The van der Waals surface area contributed by atoms with Gasteiger partial charge in [0.2, 0.25) is 0 Å². The fourth-order valence-electron chi connectivity index (χ4n) is 2.41. The third-order valence-electron chi connectivity index (χ3n) is 3.60. The molecular weight excluding hydrogens is 309 g/mol. The molecule has 0 saturated heterocycles. The first-order valence-corrected chi connectivity index (χ1v) is 6.81. The number of fused-ring (bicyclic) bond motifs is 1. The minimum atomic E-state index is -4.36. The summed E-state index contributed by atoms with van der Waals surface area (Å²) in [4.78, 5) is 12.0. The highest BCUT2D eigenvalue weighted by atomic mass is 19.4. The maximum Gasteiger partial charge on any atom is 0.416 e. The quantitative estimate of drug-likeness (QED) is 0.803. The topological polar surface area (TPSA) is 47.0 Å². The molecule has 1 heterocycles. The molecule has 0 aliphatic heterocycles. The lowest BCUT2D eigenvalue weighted by Gasteiger charge is -2.09. The maximum absolute atomic E-state index is 12.6. The summed E-state index contributed by atoms with van der Waals surface area (Å²) in [6.07, 6.45) is -4.36. The van der Waals surface area contributed by atoms with Gasteiger partial charge in [-0.25, -0.2) is 0 Å². The van der Waals surface area contributed by atoms with E-state index in [1.165, 1.54) is 19.2 Å². The number of nitrogens with one attached hydrogen (secondary N) is 1. The van der Waals surface area contributed by atoms with Gasteiger partial charge in [0, 0.05) is 0 Å². The first-order valence-electron chi connectivity index (χ1n) is 6.81. The zero-order valence-electron chi connectivity index (χ0n) is 12.1. The number of rotatable bonds is 3. The second kappa shape index (κ2) is 5.49. The van der Waals surface area contributed by atoms with Crippen LogP contribution in [0.15, 0.2) is 47.3 Å². The van der Waals surface area contributed by atoms with Crippen LogP contribution in [-0.2, 0) is 12.7 Å². The molecule has 0 aliphatic rings. The van der Waals surface area contributed by atoms with Gasteiger partial charge in [-0.1, -0.05) is 12.1 Å². The van der Waals surface area contributed by atoms with Crippen molar-refractivity contribution in [1.82, 2.24) is 9.78 Å². The molecule has 0 amide bonds. The van der Waals surface area contributed by atoms with Crippen LogP contribution in [0.2, 0.25) is 0 Å². The van der Waals surface area contributed by atoms with Crippen LogP contribution in [0.3, 0.4) is 0 Å². The van der Waals surface area contributed by atoms with Crippen LogP contribution in [0.25, 0.3) is 10.9 Å². The lowest BCUT2D eigenvalue weighted by molar-refractivity contribution is -0.137. The van der Waals surface area contributed by atoms with E-state index in [9.17, 15) is 18.0 Å². The summed E-state index contributed by atoms with van der Waals surface area (Å²) in [5, 5.41) is 3.15. The number of ether oxygens (including phenoxy) is 1. The third kappa shape index (κ3) is 2.94. The molecule has 3 rings (SSSR count). The van der Waals surface area contributed by atoms with Gasteiger partial charge >= 0.3 is 6.18 Å². The molecule has 23 heavy (non-hydrogen) atoms. The monoisotopic (exact) mass is 322 g/mol. The summed E-state index contributed by atoms with van der Waals surface area (Å²) < 4.78 is 44.4. The van der Waals surface area contributed by atoms with Gasteiger partial charge in [0.25, 0.3) is 5.56 Å². The molecule has 7 heteroatoms. The second-order valence-corrected chi connectivity index (χ2v) is 5.10. The van der Waals surface area contributed by atoms with Crippen molar-refractivity contribution in [3.05, 3.63) is 63.9 Å². The van der Waals surface area contributed by atoms with E-state index in [-0.39, 0.29) is 12.1 Å². The van der Waals surface area contributed by atoms with E-state index in [0.29, 0.717) is 22.2 Å². The minimum Gasteiger partial charge on any atom is -0.497 e. The number of halogens is 3. The van der Waals surface area contributed by atoms with Crippen LogP contribution in [0.1, 0.15) is 11.1 Å². The number of benzene rings is 2. The predicted octanol–water partition coefficient (Wildman–Crippen LogP) is 3.41. The average molecular weight is 322 g/mol. The summed E-state index contributed by atoms with van der Waals surface area (Å²) in [6.45, 7) is 0.267. The number of aromatic nitrogens is 2. The molecule has 0 fully saturated rings. The van der Waals surface area contributed by atoms with Crippen molar-refractivity contribution in [3.8, 4) is 5.75 Å². The molecule has 3 aromatic rings. The highest BCUT2D eigenvalue weighted by Gasteiger charge is 2.29. The summed E-state index contributed by atoms with van der Waals surface area (Å²) in [7, 11) is 1.51. The molecule has 0 aliphatic carbocycles. The Morgan fingerprint density at radius 3 is 2.43 bits per heavy atom. The summed E-state index contributed by atoms with van der Waals surface area (Å²) in [6, 6.07) is 9.93. The molecule has 0 unspecified atom stereocenters. The van der Waals surface area contributed by atoms with Gasteiger partial charge < -0.3 is 4.74 Å². The first-order chi connectivity index (χ1) is 10.9. The van der Waals surface area contributed by atoms with E-state index in [1.807, 2.05) is 0 Å². The van der Waals surface area contributed by atoms with E-state index >= 15 is 0 Å².